The lowest BCUT2D eigenvalue weighted by molar-refractivity contribution is -0.659. The van der Waals surface area contributed by atoms with E-state index in [0.717, 1.165) is 22.4 Å². The van der Waals surface area contributed by atoms with Crippen LogP contribution >= 0.6 is 0 Å². The van der Waals surface area contributed by atoms with Gasteiger partial charge < -0.3 is 0 Å². The molecule has 2 aromatic carbocycles. The van der Waals surface area contributed by atoms with Gasteiger partial charge in [-0.15, -0.1) is 0 Å². The SMILES string of the molecule is Cc1cc(-c2c3cccc(C(C)C)c3cc[n+]2C)c(C)c(C)c1F. The van der Waals surface area contributed by atoms with Gasteiger partial charge in [-0.1, -0.05) is 26.0 Å². The Balaban J connectivity index is 2.44. The molecule has 0 aliphatic carbocycles. The third-order valence-corrected chi connectivity index (χ3v) is 5.09. The summed E-state index contributed by atoms with van der Waals surface area (Å²) in [6.45, 7) is 10.2. The van der Waals surface area contributed by atoms with Crippen molar-refractivity contribution in [3.8, 4) is 11.3 Å². The summed E-state index contributed by atoms with van der Waals surface area (Å²) < 4.78 is 16.4. The van der Waals surface area contributed by atoms with Gasteiger partial charge in [0.05, 0.1) is 10.9 Å². The van der Waals surface area contributed by atoms with Crippen LogP contribution in [0.5, 0.6) is 0 Å². The van der Waals surface area contributed by atoms with E-state index in [-0.39, 0.29) is 5.82 Å². The molecular weight excluding hydrogens is 297 g/mol. The van der Waals surface area contributed by atoms with Gasteiger partial charge in [0, 0.05) is 6.07 Å². The Morgan fingerprint density at radius 2 is 1.67 bits per heavy atom. The zero-order valence-corrected chi connectivity index (χ0v) is 15.4. The lowest BCUT2D eigenvalue weighted by Gasteiger charge is -2.15. The molecule has 0 saturated heterocycles. The van der Waals surface area contributed by atoms with Gasteiger partial charge >= 0.3 is 0 Å². The maximum atomic E-state index is 14.3. The largest absolute Gasteiger partial charge is 0.220 e. The van der Waals surface area contributed by atoms with Gasteiger partial charge in [0.2, 0.25) is 5.69 Å². The summed E-state index contributed by atoms with van der Waals surface area (Å²) in [7, 11) is 2.06. The van der Waals surface area contributed by atoms with Crippen LogP contribution in [0.15, 0.2) is 36.5 Å². The maximum Gasteiger partial charge on any atom is 0.220 e. The molecule has 1 aromatic heterocycles. The quantitative estimate of drug-likeness (QED) is 0.547. The second kappa shape index (κ2) is 6.01. The number of pyridine rings is 1. The van der Waals surface area contributed by atoms with Gasteiger partial charge in [0.15, 0.2) is 6.20 Å². The second-order valence-electron chi connectivity index (χ2n) is 7.04. The molecule has 1 heterocycles. The number of nitrogens with zero attached hydrogens (tertiary/aromatic N) is 1. The average Bonchev–Trinajstić information content (AvgIpc) is 2.56. The minimum atomic E-state index is -0.0954. The molecule has 24 heavy (non-hydrogen) atoms. The molecule has 124 valence electrons. The molecule has 3 aromatic rings. The van der Waals surface area contributed by atoms with Crippen molar-refractivity contribution in [1.82, 2.24) is 0 Å². The van der Waals surface area contributed by atoms with Crippen LogP contribution in [0.25, 0.3) is 22.0 Å². The average molecular weight is 322 g/mol. The van der Waals surface area contributed by atoms with Crippen molar-refractivity contribution in [2.45, 2.75) is 40.5 Å². The van der Waals surface area contributed by atoms with Crippen molar-refractivity contribution < 1.29 is 8.96 Å². The predicted molar refractivity (Wildman–Crippen MR) is 98.8 cm³/mol. The molecule has 0 amide bonds. The smallest absolute Gasteiger partial charge is 0.206 e. The number of halogens is 1. The van der Waals surface area contributed by atoms with Crippen molar-refractivity contribution in [1.29, 1.82) is 0 Å². The van der Waals surface area contributed by atoms with Gasteiger partial charge in [0.25, 0.3) is 0 Å². The predicted octanol–water partition coefficient (Wildman–Crippen LogP) is 5.52. The fourth-order valence-corrected chi connectivity index (χ4v) is 3.56. The number of rotatable bonds is 2. The Bertz CT molecular complexity index is 939. The van der Waals surface area contributed by atoms with Crippen LogP contribution in [-0.4, -0.2) is 0 Å². The molecule has 3 rings (SSSR count). The third kappa shape index (κ3) is 2.50. The molecule has 0 radical (unpaired) electrons. The molecule has 0 N–H and O–H groups in total. The Hall–Kier alpha value is -2.22. The molecule has 0 bridgehead atoms. The van der Waals surface area contributed by atoms with Crippen LogP contribution in [0.3, 0.4) is 0 Å². The van der Waals surface area contributed by atoms with E-state index < -0.39 is 0 Å². The molecule has 0 atom stereocenters. The molecule has 0 fully saturated rings. The van der Waals surface area contributed by atoms with Crippen molar-refractivity contribution in [2.75, 3.05) is 0 Å². The molecule has 0 aliphatic heterocycles. The number of hydrogen-bond donors (Lipinski definition) is 0. The molecule has 0 saturated carbocycles. The normalized spacial score (nSPS) is 11.5. The van der Waals surface area contributed by atoms with Crippen molar-refractivity contribution >= 4 is 10.8 Å². The highest BCUT2D eigenvalue weighted by Gasteiger charge is 2.21. The fourth-order valence-electron chi connectivity index (χ4n) is 3.56. The molecule has 1 nitrogen and oxygen atoms in total. The van der Waals surface area contributed by atoms with Crippen LogP contribution in [-0.2, 0) is 7.05 Å². The minimum absolute atomic E-state index is 0.0954. The Kier molecular flexibility index (Phi) is 4.16. The lowest BCUT2D eigenvalue weighted by Crippen LogP contribution is -2.31. The summed E-state index contributed by atoms with van der Waals surface area (Å²) in [5.41, 5.74) is 6.06. The van der Waals surface area contributed by atoms with E-state index in [1.54, 1.807) is 0 Å². The molecule has 0 unspecified atom stereocenters. The maximum absolute atomic E-state index is 14.3. The van der Waals surface area contributed by atoms with Gasteiger partial charge in [-0.25, -0.2) is 8.96 Å². The molecule has 0 aliphatic rings. The van der Waals surface area contributed by atoms with Crippen LogP contribution in [0.1, 0.15) is 42.0 Å². The second-order valence-corrected chi connectivity index (χ2v) is 7.04. The summed E-state index contributed by atoms with van der Waals surface area (Å²) in [6, 6.07) is 10.7. The molecule has 2 heteroatoms. The lowest BCUT2D eigenvalue weighted by atomic mass is 9.91. The van der Waals surface area contributed by atoms with Crippen molar-refractivity contribution in [3.05, 3.63) is 64.6 Å². The van der Waals surface area contributed by atoms with E-state index in [0.29, 0.717) is 11.5 Å². The van der Waals surface area contributed by atoms with Crippen LogP contribution < -0.4 is 4.57 Å². The molecular formula is C22H25FN+. The summed E-state index contributed by atoms with van der Waals surface area (Å²) in [4.78, 5) is 0. The van der Waals surface area contributed by atoms with E-state index in [4.69, 9.17) is 0 Å². The highest BCUT2D eigenvalue weighted by atomic mass is 19.1. The fraction of sp³-hybridized carbons (Fsp3) is 0.318. The van der Waals surface area contributed by atoms with Crippen LogP contribution in [0.2, 0.25) is 0 Å². The Morgan fingerprint density at radius 3 is 2.33 bits per heavy atom. The summed E-state index contributed by atoms with van der Waals surface area (Å²) in [5, 5.41) is 2.50. The van der Waals surface area contributed by atoms with E-state index in [1.165, 1.54) is 16.3 Å². The van der Waals surface area contributed by atoms with Gasteiger partial charge in [-0.3, -0.25) is 0 Å². The van der Waals surface area contributed by atoms with Crippen LogP contribution in [0.4, 0.5) is 4.39 Å². The summed E-state index contributed by atoms with van der Waals surface area (Å²) in [6.07, 6.45) is 2.11. The Morgan fingerprint density at radius 1 is 0.958 bits per heavy atom. The highest BCUT2D eigenvalue weighted by molar-refractivity contribution is 5.96. The van der Waals surface area contributed by atoms with E-state index in [2.05, 4.69) is 55.9 Å². The molecule has 0 spiro atoms. The topological polar surface area (TPSA) is 3.88 Å². The summed E-state index contributed by atoms with van der Waals surface area (Å²) in [5.74, 6) is 0.369. The van der Waals surface area contributed by atoms with Gasteiger partial charge in [-0.05, 0) is 66.5 Å². The first kappa shape index (κ1) is 16.6. The van der Waals surface area contributed by atoms with Gasteiger partial charge in [0.1, 0.15) is 12.9 Å². The van der Waals surface area contributed by atoms with Gasteiger partial charge in [-0.2, -0.15) is 0 Å². The Labute approximate surface area is 143 Å². The van der Waals surface area contributed by atoms with E-state index >= 15 is 0 Å². The standard InChI is InChI=1S/C22H25FN/c1-13(2)17-8-7-9-19-18(17)10-11-24(6)22(19)20-12-14(3)21(23)16(5)15(20)4/h7-13H,1-6H3/q+1. The van der Waals surface area contributed by atoms with E-state index in [1.807, 2.05) is 26.8 Å². The number of fused-ring (bicyclic) bond motifs is 1. The highest BCUT2D eigenvalue weighted by Crippen LogP contribution is 2.34. The van der Waals surface area contributed by atoms with E-state index in [9.17, 15) is 4.39 Å². The first-order valence-corrected chi connectivity index (χ1v) is 8.50. The number of hydrogen-bond acceptors (Lipinski definition) is 0. The van der Waals surface area contributed by atoms with Crippen LogP contribution in [0, 0.1) is 26.6 Å². The number of benzene rings is 2. The number of aromatic nitrogens is 1. The zero-order valence-electron chi connectivity index (χ0n) is 15.4. The third-order valence-electron chi connectivity index (χ3n) is 5.09. The first-order chi connectivity index (χ1) is 11.3. The monoisotopic (exact) mass is 322 g/mol. The van der Waals surface area contributed by atoms with Crippen molar-refractivity contribution in [3.63, 3.8) is 0 Å². The zero-order chi connectivity index (χ0) is 17.6. The number of aryl methyl sites for hydroxylation is 2. The first-order valence-electron chi connectivity index (χ1n) is 8.50. The van der Waals surface area contributed by atoms with Crippen molar-refractivity contribution in [2.24, 2.45) is 7.05 Å². The minimum Gasteiger partial charge on any atom is -0.206 e. The summed E-state index contributed by atoms with van der Waals surface area (Å²) >= 11 is 0.